The van der Waals surface area contributed by atoms with Gasteiger partial charge in [-0.05, 0) is 51.3 Å². The third-order valence-electron chi connectivity index (χ3n) is 5.75. The second-order valence-electron chi connectivity index (χ2n) is 7.36. The third-order valence-corrected chi connectivity index (χ3v) is 8.65. The molecule has 0 amide bonds. The molecule has 3 aromatic rings. The molecule has 5 heteroatoms. The first kappa shape index (κ1) is 19.2. The number of hydrogen-bond donors (Lipinski definition) is 0. The quantitative estimate of drug-likeness (QED) is 0.399. The molecule has 1 aliphatic heterocycles. The fraction of sp³-hybridized carbons (Fsp3) is 0.292. The highest BCUT2D eigenvalue weighted by molar-refractivity contribution is 8.03. The smallest absolute Gasteiger partial charge is 0.267 e. The molecule has 0 saturated carbocycles. The molecule has 148 valence electrons. The Hall–Kier alpha value is -1.75. The van der Waals surface area contributed by atoms with Gasteiger partial charge in [0.15, 0.2) is 0 Å². The van der Waals surface area contributed by atoms with Gasteiger partial charge in [-0.3, -0.25) is 0 Å². The van der Waals surface area contributed by atoms with Crippen molar-refractivity contribution in [3.63, 3.8) is 0 Å². The van der Waals surface area contributed by atoms with Crippen molar-refractivity contribution in [2.45, 2.75) is 44.6 Å². The molecule has 1 aliphatic carbocycles. The highest BCUT2D eigenvalue weighted by Crippen LogP contribution is 2.51. The van der Waals surface area contributed by atoms with E-state index in [1.807, 2.05) is 23.1 Å². The molecule has 0 radical (unpaired) electrons. The van der Waals surface area contributed by atoms with E-state index in [1.54, 1.807) is 0 Å². The number of thiazole rings is 1. The Balaban J connectivity index is 1.67. The fourth-order valence-electron chi connectivity index (χ4n) is 4.39. The maximum atomic E-state index is 7.16. The summed E-state index contributed by atoms with van der Waals surface area (Å²) in [6.07, 6.45) is 3.25. The van der Waals surface area contributed by atoms with Crippen molar-refractivity contribution < 1.29 is 4.57 Å². The van der Waals surface area contributed by atoms with Gasteiger partial charge in [0.2, 0.25) is 5.52 Å². The minimum atomic E-state index is 0.959. The van der Waals surface area contributed by atoms with E-state index in [2.05, 4.69) is 71.8 Å². The van der Waals surface area contributed by atoms with Crippen LogP contribution in [0.3, 0.4) is 0 Å². The number of para-hydroxylation sites is 2. The van der Waals surface area contributed by atoms with Gasteiger partial charge in [-0.25, -0.2) is 0 Å². The normalized spacial score (nSPS) is 19.3. The van der Waals surface area contributed by atoms with Gasteiger partial charge in [-0.1, -0.05) is 59.0 Å². The number of hydrogen-bond acceptors (Lipinski definition) is 3. The molecular formula is C24H24ClN2S2+. The summed E-state index contributed by atoms with van der Waals surface area (Å²) in [4.78, 5) is 3.76. The van der Waals surface area contributed by atoms with Crippen molar-refractivity contribution in [3.8, 4) is 0 Å². The van der Waals surface area contributed by atoms with Crippen LogP contribution in [0.15, 0.2) is 69.1 Å². The van der Waals surface area contributed by atoms with E-state index < -0.39 is 0 Å². The zero-order valence-electron chi connectivity index (χ0n) is 16.7. The van der Waals surface area contributed by atoms with Crippen LogP contribution in [0.5, 0.6) is 0 Å². The number of halogens is 1. The van der Waals surface area contributed by atoms with E-state index in [-0.39, 0.29) is 0 Å². The van der Waals surface area contributed by atoms with Gasteiger partial charge in [-0.2, -0.15) is 4.57 Å². The molecule has 0 fully saturated rings. The van der Waals surface area contributed by atoms with Crippen molar-refractivity contribution >= 4 is 56.2 Å². The topological polar surface area (TPSA) is 7.12 Å². The van der Waals surface area contributed by atoms with Crippen LogP contribution < -0.4 is 9.47 Å². The molecule has 0 N–H and O–H groups in total. The number of thioether (sulfide) groups is 1. The highest BCUT2D eigenvalue weighted by atomic mass is 35.5. The van der Waals surface area contributed by atoms with Crippen molar-refractivity contribution in [1.29, 1.82) is 0 Å². The predicted octanol–water partition coefficient (Wildman–Crippen LogP) is 7.19. The van der Waals surface area contributed by atoms with E-state index in [9.17, 15) is 0 Å². The monoisotopic (exact) mass is 439 g/mol. The van der Waals surface area contributed by atoms with Gasteiger partial charge in [0.05, 0.1) is 21.3 Å². The van der Waals surface area contributed by atoms with E-state index in [1.165, 1.54) is 42.0 Å². The molecule has 0 atom stereocenters. The molecule has 2 aliphatic rings. The van der Waals surface area contributed by atoms with Crippen molar-refractivity contribution in [2.75, 3.05) is 11.4 Å². The largest absolute Gasteiger partial charge is 0.335 e. The van der Waals surface area contributed by atoms with E-state index >= 15 is 0 Å². The van der Waals surface area contributed by atoms with Gasteiger partial charge >= 0.3 is 0 Å². The van der Waals surface area contributed by atoms with Crippen LogP contribution in [0.1, 0.15) is 38.1 Å². The lowest BCUT2D eigenvalue weighted by Crippen LogP contribution is -2.35. The second kappa shape index (κ2) is 7.82. The highest BCUT2D eigenvalue weighted by Gasteiger charge is 2.33. The Morgan fingerprint density at radius 1 is 1.00 bits per heavy atom. The summed E-state index contributed by atoms with van der Waals surface area (Å²) < 4.78 is 3.76. The molecule has 2 aromatic carbocycles. The van der Waals surface area contributed by atoms with Crippen LogP contribution in [0.2, 0.25) is 0 Å². The Kier molecular flexibility index (Phi) is 5.19. The molecule has 5 rings (SSSR count). The SMILES string of the molecule is CCN1/C(=C2\CCCC(c3sc4ccccc4[n+]3CC)=C2Cl)Sc2ccccc21. The van der Waals surface area contributed by atoms with E-state index in [4.69, 9.17) is 11.6 Å². The summed E-state index contributed by atoms with van der Waals surface area (Å²) in [5.41, 5.74) is 5.25. The minimum absolute atomic E-state index is 0.959. The number of rotatable bonds is 3. The summed E-state index contributed by atoms with van der Waals surface area (Å²) >= 11 is 10.9. The number of aromatic nitrogens is 1. The summed E-state index contributed by atoms with van der Waals surface area (Å²) in [6, 6.07) is 17.4. The Morgan fingerprint density at radius 2 is 1.76 bits per heavy atom. The van der Waals surface area contributed by atoms with Crippen LogP contribution in [0.25, 0.3) is 15.8 Å². The zero-order valence-corrected chi connectivity index (χ0v) is 19.1. The fourth-order valence-corrected chi connectivity index (χ4v) is 7.48. The van der Waals surface area contributed by atoms with Crippen LogP contribution in [-0.2, 0) is 6.54 Å². The lowest BCUT2D eigenvalue weighted by molar-refractivity contribution is -0.665. The number of allylic oxidation sites excluding steroid dienone is 3. The lowest BCUT2D eigenvalue weighted by atomic mass is 9.95. The number of benzene rings is 2. The van der Waals surface area contributed by atoms with Gasteiger partial charge in [0.25, 0.3) is 5.01 Å². The minimum Gasteiger partial charge on any atom is -0.335 e. The first-order valence-corrected chi connectivity index (χ1v) is 12.3. The van der Waals surface area contributed by atoms with Crippen LogP contribution in [0.4, 0.5) is 5.69 Å². The maximum Gasteiger partial charge on any atom is 0.267 e. The zero-order chi connectivity index (χ0) is 20.0. The van der Waals surface area contributed by atoms with Crippen LogP contribution in [0, 0.1) is 0 Å². The number of anilines is 1. The molecule has 2 heterocycles. The van der Waals surface area contributed by atoms with Crippen molar-refractivity contribution in [1.82, 2.24) is 0 Å². The summed E-state index contributed by atoms with van der Waals surface area (Å²) in [5, 5.41) is 3.61. The Labute approximate surface area is 185 Å². The lowest BCUT2D eigenvalue weighted by Gasteiger charge is -2.24. The van der Waals surface area contributed by atoms with Crippen LogP contribution in [-0.4, -0.2) is 6.54 Å². The molecular weight excluding hydrogens is 416 g/mol. The molecule has 29 heavy (non-hydrogen) atoms. The molecule has 0 saturated heterocycles. The van der Waals surface area contributed by atoms with Gasteiger partial charge < -0.3 is 4.90 Å². The average Bonchev–Trinajstić information content (AvgIpc) is 3.31. The summed E-state index contributed by atoms with van der Waals surface area (Å²) in [6.45, 7) is 6.36. The van der Waals surface area contributed by atoms with E-state index in [0.717, 1.165) is 37.4 Å². The number of fused-ring (bicyclic) bond motifs is 2. The van der Waals surface area contributed by atoms with Crippen LogP contribution >= 0.6 is 34.7 Å². The number of nitrogens with zero attached hydrogens (tertiary/aromatic N) is 2. The second-order valence-corrected chi connectivity index (χ2v) is 9.80. The summed E-state index contributed by atoms with van der Waals surface area (Å²) in [7, 11) is 0. The number of aryl methyl sites for hydroxylation is 1. The maximum absolute atomic E-state index is 7.16. The third kappa shape index (κ3) is 3.13. The Bertz CT molecular complexity index is 1160. The van der Waals surface area contributed by atoms with Crippen molar-refractivity contribution in [3.05, 3.63) is 69.2 Å². The molecule has 2 nitrogen and oxygen atoms in total. The first-order chi connectivity index (χ1) is 14.2. The molecule has 0 spiro atoms. The molecule has 0 unspecified atom stereocenters. The van der Waals surface area contributed by atoms with Gasteiger partial charge in [0, 0.05) is 23.1 Å². The first-order valence-electron chi connectivity index (χ1n) is 10.3. The van der Waals surface area contributed by atoms with Gasteiger partial charge in [-0.15, -0.1) is 0 Å². The summed E-state index contributed by atoms with van der Waals surface area (Å²) in [5.74, 6) is 0. The standard InChI is InChI=1S/C24H24ClN2S2/c1-3-26-18-12-5-7-14-20(18)28-23(26)16-10-9-11-17(22(16)25)24-27(4-2)19-13-6-8-15-21(19)29-24/h5-8,12-15H,3-4,9-11H2,1-2H3/q+1. The molecule has 1 aromatic heterocycles. The molecule has 0 bridgehead atoms. The van der Waals surface area contributed by atoms with Crippen molar-refractivity contribution in [2.24, 2.45) is 0 Å². The predicted molar refractivity (Wildman–Crippen MR) is 127 cm³/mol. The van der Waals surface area contributed by atoms with E-state index in [0.29, 0.717) is 0 Å². The average molecular weight is 440 g/mol. The van der Waals surface area contributed by atoms with Gasteiger partial charge in [0.1, 0.15) is 11.2 Å². The Morgan fingerprint density at radius 3 is 2.59 bits per heavy atom.